The SMILES string of the molecule is Cc1ccc(CCCN(C)c2nc(Cl)nc(Cl)n2)cc1. The van der Waals surface area contributed by atoms with Crippen molar-refractivity contribution in [2.45, 2.75) is 19.8 Å². The molecule has 0 amide bonds. The van der Waals surface area contributed by atoms with Crippen LogP contribution in [-0.2, 0) is 6.42 Å². The molecule has 20 heavy (non-hydrogen) atoms. The van der Waals surface area contributed by atoms with Crippen molar-refractivity contribution >= 4 is 29.2 Å². The molecule has 0 saturated carbocycles. The Morgan fingerprint density at radius 1 is 1.00 bits per heavy atom. The summed E-state index contributed by atoms with van der Waals surface area (Å²) < 4.78 is 0. The maximum Gasteiger partial charge on any atom is 0.230 e. The van der Waals surface area contributed by atoms with Crippen molar-refractivity contribution in [2.75, 3.05) is 18.5 Å². The van der Waals surface area contributed by atoms with Gasteiger partial charge >= 0.3 is 0 Å². The van der Waals surface area contributed by atoms with Crippen molar-refractivity contribution in [1.82, 2.24) is 15.0 Å². The van der Waals surface area contributed by atoms with Crippen LogP contribution >= 0.6 is 23.2 Å². The Morgan fingerprint density at radius 2 is 1.60 bits per heavy atom. The molecule has 2 aromatic rings. The van der Waals surface area contributed by atoms with E-state index in [0.29, 0.717) is 5.95 Å². The zero-order chi connectivity index (χ0) is 14.5. The average molecular weight is 311 g/mol. The minimum Gasteiger partial charge on any atom is -0.344 e. The van der Waals surface area contributed by atoms with Gasteiger partial charge in [0.05, 0.1) is 0 Å². The van der Waals surface area contributed by atoms with Gasteiger partial charge in [-0.1, -0.05) is 29.8 Å². The molecule has 1 aromatic heterocycles. The third-order valence-electron chi connectivity index (χ3n) is 2.99. The lowest BCUT2D eigenvalue weighted by Crippen LogP contribution is -2.21. The molecule has 6 heteroatoms. The highest BCUT2D eigenvalue weighted by Crippen LogP contribution is 2.13. The summed E-state index contributed by atoms with van der Waals surface area (Å²) >= 11 is 11.5. The van der Waals surface area contributed by atoms with Gasteiger partial charge < -0.3 is 4.90 Å². The molecule has 0 aliphatic rings. The monoisotopic (exact) mass is 310 g/mol. The Balaban J connectivity index is 1.88. The van der Waals surface area contributed by atoms with Crippen LogP contribution in [0.5, 0.6) is 0 Å². The quantitative estimate of drug-likeness (QED) is 0.847. The first-order chi connectivity index (χ1) is 9.54. The summed E-state index contributed by atoms with van der Waals surface area (Å²) in [4.78, 5) is 13.8. The summed E-state index contributed by atoms with van der Waals surface area (Å²) in [5.41, 5.74) is 2.61. The zero-order valence-corrected chi connectivity index (χ0v) is 13.0. The molecule has 2 rings (SSSR count). The molecule has 0 spiro atoms. The van der Waals surface area contributed by atoms with Crippen LogP contribution in [0.4, 0.5) is 5.95 Å². The Kier molecular flexibility index (Phi) is 5.15. The first kappa shape index (κ1) is 15.0. The summed E-state index contributed by atoms with van der Waals surface area (Å²) in [6, 6.07) is 8.58. The van der Waals surface area contributed by atoms with E-state index in [2.05, 4.69) is 46.1 Å². The topological polar surface area (TPSA) is 41.9 Å². The number of aryl methyl sites for hydroxylation is 2. The van der Waals surface area contributed by atoms with Gasteiger partial charge in [-0.25, -0.2) is 0 Å². The van der Waals surface area contributed by atoms with Crippen LogP contribution in [0.1, 0.15) is 17.5 Å². The van der Waals surface area contributed by atoms with Crippen molar-refractivity contribution in [1.29, 1.82) is 0 Å². The molecule has 0 aliphatic carbocycles. The molecular formula is C14H16Cl2N4. The van der Waals surface area contributed by atoms with Crippen LogP contribution in [0.25, 0.3) is 0 Å². The van der Waals surface area contributed by atoms with Gasteiger partial charge in [0, 0.05) is 13.6 Å². The van der Waals surface area contributed by atoms with Crippen molar-refractivity contribution < 1.29 is 0 Å². The summed E-state index contributed by atoms with van der Waals surface area (Å²) in [5, 5.41) is 0.232. The number of anilines is 1. The summed E-state index contributed by atoms with van der Waals surface area (Å²) in [7, 11) is 1.91. The number of nitrogens with zero attached hydrogens (tertiary/aromatic N) is 4. The fraction of sp³-hybridized carbons (Fsp3) is 0.357. The highest BCUT2D eigenvalue weighted by Gasteiger charge is 2.08. The number of halogens is 2. The summed E-state index contributed by atoms with van der Waals surface area (Å²) in [5.74, 6) is 0.499. The molecule has 4 nitrogen and oxygen atoms in total. The van der Waals surface area contributed by atoms with Gasteiger partial charge in [-0.15, -0.1) is 0 Å². The van der Waals surface area contributed by atoms with Gasteiger partial charge in [0.1, 0.15) is 0 Å². The van der Waals surface area contributed by atoms with E-state index in [-0.39, 0.29) is 10.6 Å². The lowest BCUT2D eigenvalue weighted by atomic mass is 10.1. The highest BCUT2D eigenvalue weighted by molar-refractivity contribution is 6.31. The molecule has 0 radical (unpaired) electrons. The predicted molar refractivity (Wildman–Crippen MR) is 82.6 cm³/mol. The standard InChI is InChI=1S/C14H16Cl2N4/c1-10-5-7-11(8-6-10)4-3-9-20(2)14-18-12(15)17-13(16)19-14/h5-8H,3-4,9H2,1-2H3. The van der Waals surface area contributed by atoms with Crippen molar-refractivity contribution in [3.05, 3.63) is 46.0 Å². The molecule has 0 atom stereocenters. The smallest absolute Gasteiger partial charge is 0.230 e. The molecule has 0 unspecified atom stereocenters. The van der Waals surface area contributed by atoms with Crippen LogP contribution in [0.3, 0.4) is 0 Å². The minimum absolute atomic E-state index is 0.116. The Hall–Kier alpha value is -1.39. The number of hydrogen-bond donors (Lipinski definition) is 0. The highest BCUT2D eigenvalue weighted by atomic mass is 35.5. The first-order valence-electron chi connectivity index (χ1n) is 6.38. The normalized spacial score (nSPS) is 10.6. The van der Waals surface area contributed by atoms with Crippen LogP contribution in [-0.4, -0.2) is 28.5 Å². The molecule has 0 saturated heterocycles. The largest absolute Gasteiger partial charge is 0.344 e. The van der Waals surface area contributed by atoms with Crippen LogP contribution in [0.2, 0.25) is 10.6 Å². The number of rotatable bonds is 5. The van der Waals surface area contributed by atoms with Gasteiger partial charge in [0.2, 0.25) is 16.5 Å². The van der Waals surface area contributed by atoms with E-state index in [1.165, 1.54) is 11.1 Å². The second-order valence-corrected chi connectivity index (χ2v) is 5.36. The number of hydrogen-bond acceptors (Lipinski definition) is 4. The summed E-state index contributed by atoms with van der Waals surface area (Å²) in [6.45, 7) is 2.91. The van der Waals surface area contributed by atoms with Gasteiger partial charge in [-0.05, 0) is 48.5 Å². The third-order valence-corrected chi connectivity index (χ3v) is 3.33. The van der Waals surface area contributed by atoms with Crippen molar-refractivity contribution in [2.24, 2.45) is 0 Å². The van der Waals surface area contributed by atoms with Crippen LogP contribution in [0, 0.1) is 6.92 Å². The molecule has 0 fully saturated rings. The lowest BCUT2D eigenvalue weighted by molar-refractivity contribution is 0.762. The lowest BCUT2D eigenvalue weighted by Gasteiger charge is -2.16. The van der Waals surface area contributed by atoms with E-state index in [1.54, 1.807) is 0 Å². The van der Waals surface area contributed by atoms with Crippen LogP contribution < -0.4 is 4.90 Å². The minimum atomic E-state index is 0.116. The Labute approximate surface area is 128 Å². The van der Waals surface area contributed by atoms with Crippen molar-refractivity contribution in [3.8, 4) is 0 Å². The van der Waals surface area contributed by atoms with E-state index in [4.69, 9.17) is 23.2 Å². The predicted octanol–water partition coefficient (Wildman–Crippen LogP) is 3.56. The van der Waals surface area contributed by atoms with E-state index in [1.807, 2.05) is 11.9 Å². The van der Waals surface area contributed by atoms with E-state index < -0.39 is 0 Å². The fourth-order valence-electron chi connectivity index (χ4n) is 1.86. The second kappa shape index (κ2) is 6.86. The van der Waals surface area contributed by atoms with E-state index >= 15 is 0 Å². The van der Waals surface area contributed by atoms with Gasteiger partial charge in [-0.2, -0.15) is 15.0 Å². The Morgan fingerprint density at radius 3 is 2.20 bits per heavy atom. The second-order valence-electron chi connectivity index (χ2n) is 4.68. The average Bonchev–Trinajstić information content (AvgIpc) is 2.40. The molecule has 0 bridgehead atoms. The maximum atomic E-state index is 5.77. The molecule has 0 aliphatic heterocycles. The summed E-state index contributed by atoms with van der Waals surface area (Å²) in [6.07, 6.45) is 2.01. The molecular weight excluding hydrogens is 295 g/mol. The van der Waals surface area contributed by atoms with Crippen molar-refractivity contribution in [3.63, 3.8) is 0 Å². The van der Waals surface area contributed by atoms with Gasteiger partial charge in [-0.3, -0.25) is 0 Å². The van der Waals surface area contributed by atoms with Crippen LogP contribution in [0.15, 0.2) is 24.3 Å². The maximum absolute atomic E-state index is 5.77. The van der Waals surface area contributed by atoms with Gasteiger partial charge in [0.25, 0.3) is 0 Å². The Bertz CT molecular complexity index is 552. The van der Waals surface area contributed by atoms with E-state index in [0.717, 1.165) is 19.4 Å². The molecule has 1 heterocycles. The number of benzene rings is 1. The third kappa shape index (κ3) is 4.32. The molecule has 0 N–H and O–H groups in total. The molecule has 1 aromatic carbocycles. The zero-order valence-electron chi connectivity index (χ0n) is 11.5. The fourth-order valence-corrected chi connectivity index (χ4v) is 2.22. The van der Waals surface area contributed by atoms with Gasteiger partial charge in [0.15, 0.2) is 0 Å². The number of aromatic nitrogens is 3. The molecule has 106 valence electrons. The van der Waals surface area contributed by atoms with E-state index in [9.17, 15) is 0 Å². The first-order valence-corrected chi connectivity index (χ1v) is 7.14.